The molecule has 50 heavy (non-hydrogen) atoms. The molecule has 0 atom stereocenters. The summed E-state index contributed by atoms with van der Waals surface area (Å²) >= 11 is 0. The maximum absolute atomic E-state index is 6.76. The molecule has 3 heterocycles. The zero-order chi connectivity index (χ0) is 33.0. The van der Waals surface area contributed by atoms with Gasteiger partial charge in [-0.25, -0.2) is 19.9 Å². The van der Waals surface area contributed by atoms with Crippen molar-refractivity contribution in [2.45, 2.75) is 0 Å². The largest absolute Gasteiger partial charge is 0.455 e. The lowest BCUT2D eigenvalue weighted by molar-refractivity contribution is 0.619. The Balaban J connectivity index is 1.26. The van der Waals surface area contributed by atoms with Gasteiger partial charge in [0.1, 0.15) is 16.7 Å². The van der Waals surface area contributed by atoms with E-state index in [1.165, 1.54) is 0 Å². The van der Waals surface area contributed by atoms with E-state index in [4.69, 9.17) is 28.8 Å². The van der Waals surface area contributed by atoms with E-state index in [1.54, 1.807) is 0 Å². The van der Waals surface area contributed by atoms with Gasteiger partial charge in [-0.1, -0.05) is 127 Å². The van der Waals surface area contributed by atoms with E-state index in [2.05, 4.69) is 48.5 Å². The number of fused-ring (bicyclic) bond motifs is 6. The number of aromatic nitrogens is 4. The summed E-state index contributed by atoms with van der Waals surface area (Å²) in [4.78, 5) is 20.1. The van der Waals surface area contributed by atoms with Crippen molar-refractivity contribution in [2.75, 3.05) is 0 Å². The average Bonchev–Trinajstić information content (AvgIpc) is 3.79. The fraction of sp³-hybridized carbons (Fsp3) is 0. The summed E-state index contributed by atoms with van der Waals surface area (Å²) < 4.78 is 13.4. The molecular formula is C44H26N4O2. The van der Waals surface area contributed by atoms with E-state index in [0.29, 0.717) is 40.1 Å². The third-order valence-corrected chi connectivity index (χ3v) is 9.12. The molecular weight excluding hydrogens is 617 g/mol. The monoisotopic (exact) mass is 642 g/mol. The standard InChI is InChI=1S/C44H26N4O2/c1-4-13-27(14-5-1)30-21-12-22-33(23-30)44-45-39-37(50-44)26-35(40-38(39)34-24-31-19-10-11-20-32(31)25-36(34)49-40)43-47-41(28-15-6-2-7-16-28)46-42(48-43)29-17-8-3-9-18-29/h1-26H. The van der Waals surface area contributed by atoms with Crippen LogP contribution in [-0.4, -0.2) is 19.9 Å². The quantitative estimate of drug-likeness (QED) is 0.186. The first-order valence-electron chi connectivity index (χ1n) is 16.5. The van der Waals surface area contributed by atoms with Crippen LogP contribution in [0.5, 0.6) is 0 Å². The van der Waals surface area contributed by atoms with Crippen molar-refractivity contribution in [1.82, 2.24) is 19.9 Å². The Bertz CT molecular complexity index is 2800. The van der Waals surface area contributed by atoms with Gasteiger partial charge in [-0.05, 0) is 52.2 Å². The second-order valence-corrected chi connectivity index (χ2v) is 12.3. The Labute approximate surface area is 286 Å². The highest BCUT2D eigenvalue weighted by molar-refractivity contribution is 6.22. The summed E-state index contributed by atoms with van der Waals surface area (Å²) in [5.41, 5.74) is 8.31. The molecule has 234 valence electrons. The number of hydrogen-bond donors (Lipinski definition) is 0. The molecule has 0 spiro atoms. The molecule has 0 fully saturated rings. The lowest BCUT2D eigenvalue weighted by Crippen LogP contribution is -2.00. The van der Waals surface area contributed by atoms with Crippen LogP contribution in [0.3, 0.4) is 0 Å². The third-order valence-electron chi connectivity index (χ3n) is 9.12. The molecule has 0 radical (unpaired) electrons. The van der Waals surface area contributed by atoms with Crippen LogP contribution in [0.25, 0.3) is 101 Å². The topological polar surface area (TPSA) is 77.8 Å². The predicted octanol–water partition coefficient (Wildman–Crippen LogP) is 11.4. The van der Waals surface area contributed by atoms with Crippen LogP contribution in [-0.2, 0) is 0 Å². The molecule has 0 aliphatic heterocycles. The van der Waals surface area contributed by atoms with Gasteiger partial charge in [0.15, 0.2) is 23.1 Å². The van der Waals surface area contributed by atoms with Gasteiger partial charge in [0.05, 0.1) is 10.9 Å². The lowest BCUT2D eigenvalue weighted by atomic mass is 10.0. The maximum Gasteiger partial charge on any atom is 0.227 e. The fourth-order valence-corrected chi connectivity index (χ4v) is 6.69. The summed E-state index contributed by atoms with van der Waals surface area (Å²) in [6.45, 7) is 0. The Morgan fingerprint density at radius 2 is 0.940 bits per heavy atom. The van der Waals surface area contributed by atoms with Gasteiger partial charge in [-0.2, -0.15) is 0 Å². The van der Waals surface area contributed by atoms with Crippen molar-refractivity contribution in [1.29, 1.82) is 0 Å². The third kappa shape index (κ3) is 4.73. The van der Waals surface area contributed by atoms with Crippen molar-refractivity contribution in [3.8, 4) is 56.7 Å². The highest BCUT2D eigenvalue weighted by atomic mass is 16.4. The maximum atomic E-state index is 6.76. The van der Waals surface area contributed by atoms with E-state index in [-0.39, 0.29) is 0 Å². The van der Waals surface area contributed by atoms with E-state index < -0.39 is 0 Å². The molecule has 0 unspecified atom stereocenters. The molecule has 0 aliphatic rings. The predicted molar refractivity (Wildman–Crippen MR) is 199 cm³/mol. The molecule has 7 aromatic carbocycles. The van der Waals surface area contributed by atoms with Gasteiger partial charge in [0.2, 0.25) is 5.89 Å². The zero-order valence-corrected chi connectivity index (χ0v) is 26.6. The van der Waals surface area contributed by atoms with Crippen LogP contribution >= 0.6 is 0 Å². The first kappa shape index (κ1) is 28.1. The van der Waals surface area contributed by atoms with Crippen molar-refractivity contribution < 1.29 is 8.83 Å². The summed E-state index contributed by atoms with van der Waals surface area (Å²) in [5.74, 6) is 2.15. The minimum atomic E-state index is 0.484. The van der Waals surface area contributed by atoms with Crippen LogP contribution in [0.15, 0.2) is 167 Å². The van der Waals surface area contributed by atoms with Gasteiger partial charge < -0.3 is 8.83 Å². The number of furan rings is 1. The molecule has 6 nitrogen and oxygen atoms in total. The van der Waals surface area contributed by atoms with Crippen LogP contribution < -0.4 is 0 Å². The highest BCUT2D eigenvalue weighted by Crippen LogP contribution is 2.43. The van der Waals surface area contributed by atoms with Crippen molar-refractivity contribution in [2.24, 2.45) is 0 Å². The molecule has 0 N–H and O–H groups in total. The molecule has 0 amide bonds. The smallest absolute Gasteiger partial charge is 0.227 e. The SMILES string of the molecule is c1ccc(-c2cccc(-c3nc4c(cc(-c5nc(-c6ccccc6)nc(-c6ccccc6)n5)c5oc6cc7ccccc7cc6c54)o3)c2)cc1. The van der Waals surface area contributed by atoms with Crippen LogP contribution in [0.1, 0.15) is 0 Å². The average molecular weight is 643 g/mol. The molecule has 3 aromatic heterocycles. The van der Waals surface area contributed by atoms with Crippen LogP contribution in [0, 0.1) is 0 Å². The van der Waals surface area contributed by atoms with Gasteiger partial charge in [0, 0.05) is 22.1 Å². The first-order valence-corrected chi connectivity index (χ1v) is 16.5. The number of oxazole rings is 1. The molecule has 0 saturated carbocycles. The molecule has 10 rings (SSSR count). The molecule has 10 aromatic rings. The minimum absolute atomic E-state index is 0.484. The van der Waals surface area contributed by atoms with E-state index >= 15 is 0 Å². The Morgan fingerprint density at radius 3 is 1.62 bits per heavy atom. The molecule has 0 saturated heterocycles. The number of nitrogens with zero attached hydrogens (tertiary/aromatic N) is 4. The number of benzene rings is 7. The molecule has 0 aliphatic carbocycles. The summed E-state index contributed by atoms with van der Waals surface area (Å²) in [5, 5.41) is 4.01. The van der Waals surface area contributed by atoms with Gasteiger partial charge in [-0.15, -0.1) is 0 Å². The van der Waals surface area contributed by atoms with Gasteiger partial charge in [0.25, 0.3) is 0 Å². The normalized spacial score (nSPS) is 11.6. The molecule has 0 bridgehead atoms. The Kier molecular flexibility index (Phi) is 6.39. The zero-order valence-electron chi connectivity index (χ0n) is 26.6. The fourth-order valence-electron chi connectivity index (χ4n) is 6.69. The Morgan fingerprint density at radius 1 is 0.380 bits per heavy atom. The first-order chi connectivity index (χ1) is 24.7. The van der Waals surface area contributed by atoms with Gasteiger partial charge in [-0.3, -0.25) is 0 Å². The van der Waals surface area contributed by atoms with Crippen molar-refractivity contribution in [3.05, 3.63) is 158 Å². The number of rotatable bonds is 5. The second-order valence-electron chi connectivity index (χ2n) is 12.3. The van der Waals surface area contributed by atoms with E-state index in [0.717, 1.165) is 60.5 Å². The summed E-state index contributed by atoms with van der Waals surface area (Å²) in [7, 11) is 0. The summed E-state index contributed by atoms with van der Waals surface area (Å²) in [6, 6.07) is 53.0. The highest BCUT2D eigenvalue weighted by Gasteiger charge is 2.24. The van der Waals surface area contributed by atoms with E-state index in [1.807, 2.05) is 109 Å². The van der Waals surface area contributed by atoms with Crippen molar-refractivity contribution in [3.63, 3.8) is 0 Å². The summed E-state index contributed by atoms with van der Waals surface area (Å²) in [6.07, 6.45) is 0. The number of hydrogen-bond acceptors (Lipinski definition) is 6. The minimum Gasteiger partial charge on any atom is -0.455 e. The second kappa shape index (κ2) is 11.4. The van der Waals surface area contributed by atoms with Crippen LogP contribution in [0.4, 0.5) is 0 Å². The Hall–Kier alpha value is -6.92. The van der Waals surface area contributed by atoms with Gasteiger partial charge >= 0.3 is 0 Å². The lowest BCUT2D eigenvalue weighted by Gasteiger charge is -2.08. The van der Waals surface area contributed by atoms with Crippen molar-refractivity contribution >= 4 is 43.8 Å². The van der Waals surface area contributed by atoms with E-state index in [9.17, 15) is 0 Å². The molecule has 6 heteroatoms. The van der Waals surface area contributed by atoms with Crippen LogP contribution in [0.2, 0.25) is 0 Å².